The zero-order valence-corrected chi connectivity index (χ0v) is 26.4. The number of likely N-dealkylation sites (N-methyl/N-ethyl adjacent to an activating group) is 1. The van der Waals surface area contributed by atoms with Crippen LogP contribution in [0.3, 0.4) is 0 Å². The van der Waals surface area contributed by atoms with Gasteiger partial charge >= 0.3 is 0 Å². The number of amides is 1. The van der Waals surface area contributed by atoms with Gasteiger partial charge in [0.25, 0.3) is 5.91 Å². The highest BCUT2D eigenvalue weighted by atomic mass is 35.5. The fourth-order valence-corrected chi connectivity index (χ4v) is 8.51. The Morgan fingerprint density at radius 1 is 1.05 bits per heavy atom. The van der Waals surface area contributed by atoms with Crippen LogP contribution in [0.2, 0.25) is 0 Å². The molecule has 2 aromatic heterocycles. The van der Waals surface area contributed by atoms with Gasteiger partial charge in [0, 0.05) is 56.4 Å². The minimum atomic E-state index is -3.78. The van der Waals surface area contributed by atoms with Crippen LogP contribution in [0.1, 0.15) is 20.8 Å². The zero-order chi connectivity index (χ0) is 28.3. The van der Waals surface area contributed by atoms with Gasteiger partial charge in [0.05, 0.1) is 28.3 Å². The molecule has 0 atom stereocenters. The van der Waals surface area contributed by atoms with Crippen LogP contribution in [-0.2, 0) is 32.5 Å². The lowest BCUT2D eigenvalue weighted by Crippen LogP contribution is -2.36. The summed E-state index contributed by atoms with van der Waals surface area (Å²) < 4.78 is 39.1. The Morgan fingerprint density at radius 3 is 2.39 bits per heavy atom. The lowest BCUT2D eigenvalue weighted by Gasteiger charge is -2.22. The number of fused-ring (bicyclic) bond motifs is 2. The van der Waals surface area contributed by atoms with Gasteiger partial charge in [-0.05, 0) is 55.4 Å². The molecule has 41 heavy (non-hydrogen) atoms. The maximum atomic E-state index is 13.4. The average Bonchev–Trinajstić information content (AvgIpc) is 3.53. The van der Waals surface area contributed by atoms with Crippen LogP contribution in [0.4, 0.5) is 5.00 Å². The lowest BCUT2D eigenvalue weighted by atomic mass is 10.0. The number of ether oxygens (including phenoxy) is 2. The summed E-state index contributed by atoms with van der Waals surface area (Å²) in [6.45, 7) is 2.70. The molecule has 1 N–H and O–H groups in total. The number of carbonyl (C=O) groups is 1. The van der Waals surface area contributed by atoms with Crippen LogP contribution in [0.15, 0.2) is 53.4 Å². The summed E-state index contributed by atoms with van der Waals surface area (Å²) in [5, 5.41) is 4.78. The van der Waals surface area contributed by atoms with Gasteiger partial charge in [-0.25, -0.2) is 13.4 Å². The number of rotatable bonds is 11. The minimum Gasteiger partial charge on any atom is -0.383 e. The van der Waals surface area contributed by atoms with Crippen molar-refractivity contribution in [3.63, 3.8) is 0 Å². The number of carbonyl (C=O) groups excluding carboxylic acids is 1. The fourth-order valence-electron chi connectivity index (χ4n) is 4.67. The Balaban J connectivity index is 0.00000387. The lowest BCUT2D eigenvalue weighted by molar-refractivity contribution is 0.102. The number of aromatic nitrogens is 1. The van der Waals surface area contributed by atoms with E-state index in [-0.39, 0.29) is 49.5 Å². The Hall–Kier alpha value is -2.42. The summed E-state index contributed by atoms with van der Waals surface area (Å²) in [5.41, 5.74) is 3.55. The topological polar surface area (TPSA) is 101 Å². The molecule has 4 aromatic rings. The van der Waals surface area contributed by atoms with Gasteiger partial charge < -0.3 is 19.7 Å². The standard InChI is InChI=1S/C28H32N4O5S3.ClH/c1-31-13-12-21-24(18-31)39-28(25(21)27-29-22-6-4-5-7-23(22)38-27)30-26(33)19-8-10-20(11-9-19)40(34,35)32(14-16-36-2)15-17-37-3;/h4-11H,12-18H2,1-3H3,(H,30,33);1H. The van der Waals surface area contributed by atoms with E-state index in [0.717, 1.165) is 45.3 Å². The predicted molar refractivity (Wildman–Crippen MR) is 167 cm³/mol. The number of nitrogens with one attached hydrogen (secondary N) is 1. The molecule has 1 amide bonds. The maximum absolute atomic E-state index is 13.4. The highest BCUT2D eigenvalue weighted by Gasteiger charge is 2.28. The average molecular weight is 637 g/mol. The van der Waals surface area contributed by atoms with Gasteiger partial charge in [0.2, 0.25) is 10.0 Å². The number of thiazole rings is 1. The molecule has 3 heterocycles. The van der Waals surface area contributed by atoms with Crippen LogP contribution in [0, 0.1) is 0 Å². The van der Waals surface area contributed by atoms with E-state index >= 15 is 0 Å². The van der Waals surface area contributed by atoms with Gasteiger partial charge in [-0.1, -0.05) is 12.1 Å². The Morgan fingerprint density at radius 2 is 1.73 bits per heavy atom. The molecule has 13 heteroatoms. The van der Waals surface area contributed by atoms with Gasteiger partial charge in [-0.15, -0.1) is 35.1 Å². The molecule has 0 saturated carbocycles. The number of anilines is 1. The zero-order valence-electron chi connectivity index (χ0n) is 23.1. The third kappa shape index (κ3) is 6.81. The number of halogens is 1. The minimum absolute atomic E-state index is 0. The van der Waals surface area contributed by atoms with Gasteiger partial charge in [0.1, 0.15) is 10.0 Å². The first-order valence-corrected chi connectivity index (χ1v) is 16.0. The van der Waals surface area contributed by atoms with Gasteiger partial charge in [-0.2, -0.15) is 4.31 Å². The second kappa shape index (κ2) is 13.7. The largest absolute Gasteiger partial charge is 0.383 e. The molecule has 1 aliphatic rings. The second-order valence-electron chi connectivity index (χ2n) is 9.55. The molecule has 220 valence electrons. The van der Waals surface area contributed by atoms with Crippen molar-refractivity contribution < 1.29 is 22.7 Å². The molecule has 0 fully saturated rings. The summed E-state index contributed by atoms with van der Waals surface area (Å²) in [5.74, 6) is -0.297. The first kappa shape index (κ1) is 31.5. The Bertz CT molecular complexity index is 1560. The summed E-state index contributed by atoms with van der Waals surface area (Å²) in [6.07, 6.45) is 0.888. The van der Waals surface area contributed by atoms with E-state index in [1.165, 1.54) is 41.1 Å². The molecular weight excluding hydrogens is 604 g/mol. The Kier molecular flexibility index (Phi) is 10.5. The molecule has 0 bridgehead atoms. The van der Waals surface area contributed by atoms with Gasteiger partial charge in [0.15, 0.2) is 0 Å². The number of benzene rings is 2. The van der Waals surface area contributed by atoms with Crippen molar-refractivity contribution in [3.8, 4) is 10.6 Å². The monoisotopic (exact) mass is 636 g/mol. The molecule has 0 spiro atoms. The molecule has 0 radical (unpaired) electrons. The van der Waals surface area contributed by atoms with Crippen molar-refractivity contribution in [2.45, 2.75) is 17.9 Å². The number of methoxy groups -OCH3 is 2. The summed E-state index contributed by atoms with van der Waals surface area (Å²) >= 11 is 3.21. The number of nitrogens with zero attached hydrogens (tertiary/aromatic N) is 3. The quantitative estimate of drug-likeness (QED) is 0.248. The van der Waals surface area contributed by atoms with Crippen LogP contribution in [-0.4, -0.2) is 82.6 Å². The molecule has 0 saturated heterocycles. The number of hydrogen-bond acceptors (Lipinski definition) is 9. The number of sulfonamides is 1. The van der Waals surface area contributed by atoms with Crippen molar-refractivity contribution in [2.75, 3.05) is 59.4 Å². The summed E-state index contributed by atoms with van der Waals surface area (Å²) in [7, 11) is 1.37. The second-order valence-corrected chi connectivity index (χ2v) is 13.6. The molecule has 0 aliphatic carbocycles. The van der Waals surface area contributed by atoms with E-state index in [9.17, 15) is 13.2 Å². The van der Waals surface area contributed by atoms with Crippen LogP contribution in [0.25, 0.3) is 20.8 Å². The maximum Gasteiger partial charge on any atom is 0.256 e. The van der Waals surface area contributed by atoms with E-state index < -0.39 is 10.0 Å². The highest BCUT2D eigenvalue weighted by Crippen LogP contribution is 2.45. The Labute approximate surface area is 254 Å². The molecule has 5 rings (SSSR count). The van der Waals surface area contributed by atoms with E-state index in [4.69, 9.17) is 14.5 Å². The summed E-state index contributed by atoms with van der Waals surface area (Å²) in [4.78, 5) is 21.9. The smallest absolute Gasteiger partial charge is 0.256 e. The van der Waals surface area contributed by atoms with E-state index in [1.807, 2.05) is 18.2 Å². The highest BCUT2D eigenvalue weighted by molar-refractivity contribution is 7.89. The predicted octanol–water partition coefficient (Wildman–Crippen LogP) is 4.97. The van der Waals surface area contributed by atoms with Crippen LogP contribution < -0.4 is 5.32 Å². The van der Waals surface area contributed by atoms with Crippen molar-refractivity contribution in [1.82, 2.24) is 14.2 Å². The van der Waals surface area contributed by atoms with Crippen LogP contribution in [0.5, 0.6) is 0 Å². The molecule has 0 unspecified atom stereocenters. The van der Waals surface area contributed by atoms with E-state index in [1.54, 1.807) is 34.8 Å². The molecular formula is C28H33ClN4O5S3. The number of thiophene rings is 1. The SMILES string of the molecule is COCCN(CCOC)S(=O)(=O)c1ccc(C(=O)Nc2sc3c(c2-c2nc4ccccc4s2)CCN(C)C3)cc1.Cl. The van der Waals surface area contributed by atoms with E-state index in [2.05, 4.69) is 23.3 Å². The van der Waals surface area contributed by atoms with Crippen molar-refractivity contribution in [3.05, 3.63) is 64.5 Å². The van der Waals surface area contributed by atoms with Crippen LogP contribution >= 0.6 is 35.1 Å². The van der Waals surface area contributed by atoms with Crippen molar-refractivity contribution >= 4 is 66.2 Å². The number of hydrogen-bond donors (Lipinski definition) is 1. The fraction of sp³-hybridized carbons (Fsp3) is 0.357. The van der Waals surface area contributed by atoms with E-state index in [0.29, 0.717) is 5.56 Å². The molecule has 2 aromatic carbocycles. The summed E-state index contributed by atoms with van der Waals surface area (Å²) in [6, 6.07) is 14.1. The number of para-hydroxylation sites is 1. The van der Waals surface area contributed by atoms with Gasteiger partial charge in [-0.3, -0.25) is 4.79 Å². The van der Waals surface area contributed by atoms with Crippen molar-refractivity contribution in [2.24, 2.45) is 0 Å². The third-order valence-corrected chi connectivity index (χ3v) is 10.9. The first-order valence-electron chi connectivity index (χ1n) is 12.9. The third-order valence-electron chi connectivity index (χ3n) is 6.83. The first-order chi connectivity index (χ1) is 19.3. The van der Waals surface area contributed by atoms with Crippen molar-refractivity contribution in [1.29, 1.82) is 0 Å². The molecule has 9 nitrogen and oxygen atoms in total. The normalized spacial score (nSPS) is 13.8. The molecule has 1 aliphatic heterocycles.